The minimum Gasteiger partial charge on any atom is -0.460 e. The molecule has 1 aromatic rings. The summed E-state index contributed by atoms with van der Waals surface area (Å²) in [5, 5.41) is 24.5. The van der Waals surface area contributed by atoms with Crippen LogP contribution in [0.2, 0.25) is 0 Å². The first kappa shape index (κ1) is 22.0. The highest BCUT2D eigenvalue weighted by Gasteiger charge is 2.18. The van der Waals surface area contributed by atoms with E-state index in [1.54, 1.807) is 6.92 Å². The van der Waals surface area contributed by atoms with Crippen LogP contribution in [0, 0.1) is 20.2 Å². The van der Waals surface area contributed by atoms with Crippen LogP contribution in [0.1, 0.15) is 6.92 Å². The highest BCUT2D eigenvalue weighted by Crippen LogP contribution is 2.28. The minimum absolute atomic E-state index is 0.122. The van der Waals surface area contributed by atoms with Crippen molar-refractivity contribution >= 4 is 23.0 Å². The van der Waals surface area contributed by atoms with Gasteiger partial charge in [-0.05, 0) is 13.0 Å². The number of esters is 1. The van der Waals surface area contributed by atoms with Crippen LogP contribution in [0.15, 0.2) is 30.4 Å². The number of carbonyl (C=O) groups excluding carboxylic acids is 1. The average molecular weight is 383 g/mol. The molecule has 0 saturated heterocycles. The van der Waals surface area contributed by atoms with Gasteiger partial charge in [0.2, 0.25) is 0 Å². The molecular weight excluding hydrogens is 362 g/mol. The van der Waals surface area contributed by atoms with Gasteiger partial charge in [0.05, 0.1) is 42.3 Å². The van der Waals surface area contributed by atoms with Crippen molar-refractivity contribution in [2.75, 3.05) is 44.9 Å². The van der Waals surface area contributed by atoms with Gasteiger partial charge in [-0.25, -0.2) is 4.79 Å². The summed E-state index contributed by atoms with van der Waals surface area (Å²) >= 11 is 0. The Morgan fingerprint density at radius 2 is 1.70 bits per heavy atom. The summed E-state index contributed by atoms with van der Waals surface area (Å²) in [4.78, 5) is 31.4. The maximum atomic E-state index is 11.1. The zero-order chi connectivity index (χ0) is 20.2. The van der Waals surface area contributed by atoms with Crippen LogP contribution in [0.4, 0.5) is 17.1 Å². The number of hydrogen-bond acceptors (Lipinski definition) is 9. The Kier molecular flexibility index (Phi) is 9.40. The van der Waals surface area contributed by atoms with Crippen LogP contribution >= 0.6 is 0 Å². The molecule has 1 rings (SSSR count). The fourth-order valence-electron chi connectivity index (χ4n) is 1.83. The molecule has 11 heteroatoms. The van der Waals surface area contributed by atoms with E-state index in [2.05, 4.69) is 11.9 Å². The van der Waals surface area contributed by atoms with Crippen LogP contribution in [-0.4, -0.2) is 55.4 Å². The Balaban J connectivity index is 2.20. The van der Waals surface area contributed by atoms with E-state index in [1.165, 1.54) is 12.1 Å². The van der Waals surface area contributed by atoms with Gasteiger partial charge in [0.15, 0.2) is 0 Å². The highest BCUT2D eigenvalue weighted by atomic mass is 16.6. The van der Waals surface area contributed by atoms with Crippen molar-refractivity contribution in [1.29, 1.82) is 0 Å². The number of nitrogens with zero attached hydrogens (tertiary/aromatic N) is 2. The minimum atomic E-state index is -0.695. The summed E-state index contributed by atoms with van der Waals surface area (Å²) in [5.41, 5.74) is -0.240. The Bertz CT molecular complexity index is 692. The summed E-state index contributed by atoms with van der Waals surface area (Å²) in [5.74, 6) is -0.471. The van der Waals surface area contributed by atoms with Crippen molar-refractivity contribution in [3.63, 3.8) is 0 Å². The lowest BCUT2D eigenvalue weighted by molar-refractivity contribution is -0.393. The number of anilines is 1. The molecule has 0 aliphatic carbocycles. The number of benzene rings is 1. The molecule has 0 spiro atoms. The van der Waals surface area contributed by atoms with Crippen molar-refractivity contribution in [1.82, 2.24) is 0 Å². The quantitative estimate of drug-likeness (QED) is 0.178. The topological polar surface area (TPSA) is 143 Å². The molecule has 0 amide bonds. The maximum Gasteiger partial charge on any atom is 0.333 e. The average Bonchev–Trinajstić information content (AvgIpc) is 2.62. The van der Waals surface area contributed by atoms with Gasteiger partial charge in [-0.1, -0.05) is 6.58 Å². The summed E-state index contributed by atoms with van der Waals surface area (Å²) in [6.45, 7) is 6.47. The molecule has 0 unspecified atom stereocenters. The molecule has 0 aromatic heterocycles. The molecule has 0 bridgehead atoms. The van der Waals surface area contributed by atoms with Crippen molar-refractivity contribution in [3.05, 3.63) is 50.6 Å². The third-order valence-electron chi connectivity index (χ3n) is 3.13. The Labute approximate surface area is 155 Å². The number of nitro benzene ring substituents is 2. The van der Waals surface area contributed by atoms with Crippen LogP contribution in [0.3, 0.4) is 0 Å². The molecule has 0 aliphatic heterocycles. The van der Waals surface area contributed by atoms with E-state index in [-0.39, 0.29) is 43.4 Å². The van der Waals surface area contributed by atoms with Crippen LogP contribution in [0.25, 0.3) is 0 Å². The molecule has 0 heterocycles. The molecule has 0 radical (unpaired) electrons. The molecule has 0 fully saturated rings. The third kappa shape index (κ3) is 8.25. The highest BCUT2D eigenvalue weighted by molar-refractivity contribution is 5.86. The van der Waals surface area contributed by atoms with Gasteiger partial charge in [-0.2, -0.15) is 0 Å². The van der Waals surface area contributed by atoms with Gasteiger partial charge in [0.25, 0.3) is 11.4 Å². The van der Waals surface area contributed by atoms with Gasteiger partial charge in [0.1, 0.15) is 12.3 Å². The van der Waals surface area contributed by atoms with Gasteiger partial charge in [-0.15, -0.1) is 0 Å². The number of carbonyl (C=O) groups is 1. The van der Waals surface area contributed by atoms with E-state index >= 15 is 0 Å². The summed E-state index contributed by atoms with van der Waals surface area (Å²) < 4.78 is 15.3. The number of hydrogen-bond donors (Lipinski definition) is 1. The standard InChI is InChI=1S/C16H21N3O8/c1-12(2)16(20)27-10-9-26-8-7-25-6-5-17-14-4-3-13(18(21)22)11-15(14)19(23)24/h3-4,11,17H,1,5-10H2,2H3. The molecule has 11 nitrogen and oxygen atoms in total. The molecular formula is C16H21N3O8. The fraction of sp³-hybridized carbons (Fsp3) is 0.438. The Hall–Kier alpha value is -3.05. The molecule has 27 heavy (non-hydrogen) atoms. The lowest BCUT2D eigenvalue weighted by Gasteiger charge is -2.09. The molecule has 1 N–H and O–H groups in total. The van der Waals surface area contributed by atoms with E-state index < -0.39 is 15.8 Å². The van der Waals surface area contributed by atoms with Gasteiger partial charge in [0, 0.05) is 18.2 Å². The van der Waals surface area contributed by atoms with Crippen LogP contribution in [-0.2, 0) is 19.0 Å². The second kappa shape index (κ2) is 11.5. The third-order valence-corrected chi connectivity index (χ3v) is 3.13. The Morgan fingerprint density at radius 3 is 2.30 bits per heavy atom. The van der Waals surface area contributed by atoms with E-state index in [4.69, 9.17) is 14.2 Å². The first-order valence-corrected chi connectivity index (χ1v) is 7.97. The molecule has 0 saturated carbocycles. The fourth-order valence-corrected chi connectivity index (χ4v) is 1.83. The predicted octanol–water partition coefficient (Wildman–Crippen LogP) is 2.07. The van der Waals surface area contributed by atoms with Gasteiger partial charge in [-0.3, -0.25) is 20.2 Å². The lowest BCUT2D eigenvalue weighted by atomic mass is 10.2. The molecule has 0 atom stereocenters. The van der Waals surface area contributed by atoms with E-state index in [9.17, 15) is 25.0 Å². The smallest absolute Gasteiger partial charge is 0.333 e. The molecule has 0 aliphatic rings. The summed E-state index contributed by atoms with van der Waals surface area (Å²) in [6.07, 6.45) is 0. The van der Waals surface area contributed by atoms with E-state index in [1.807, 2.05) is 0 Å². The second-order valence-corrected chi connectivity index (χ2v) is 5.28. The van der Waals surface area contributed by atoms with Crippen LogP contribution < -0.4 is 5.32 Å². The number of non-ortho nitro benzene ring substituents is 1. The zero-order valence-electron chi connectivity index (χ0n) is 14.8. The monoisotopic (exact) mass is 383 g/mol. The zero-order valence-corrected chi connectivity index (χ0v) is 14.8. The van der Waals surface area contributed by atoms with Crippen molar-refractivity contribution < 1.29 is 28.9 Å². The summed E-state index contributed by atoms with van der Waals surface area (Å²) in [6, 6.07) is 3.37. The van der Waals surface area contributed by atoms with E-state index in [0.717, 1.165) is 6.07 Å². The second-order valence-electron chi connectivity index (χ2n) is 5.28. The largest absolute Gasteiger partial charge is 0.460 e. The normalized spacial score (nSPS) is 10.3. The van der Waals surface area contributed by atoms with Crippen LogP contribution in [0.5, 0.6) is 0 Å². The Morgan fingerprint density at radius 1 is 1.07 bits per heavy atom. The molecule has 148 valence electrons. The number of ether oxygens (including phenoxy) is 3. The predicted molar refractivity (Wildman–Crippen MR) is 95.7 cm³/mol. The van der Waals surface area contributed by atoms with Crippen molar-refractivity contribution in [3.8, 4) is 0 Å². The van der Waals surface area contributed by atoms with Crippen molar-refractivity contribution in [2.45, 2.75) is 6.92 Å². The molecule has 1 aromatic carbocycles. The maximum absolute atomic E-state index is 11.1. The first-order chi connectivity index (χ1) is 12.8. The SMILES string of the molecule is C=C(C)C(=O)OCCOCCOCCNc1ccc([N+](=O)[O-])cc1[N+](=O)[O-]. The summed E-state index contributed by atoms with van der Waals surface area (Å²) in [7, 11) is 0. The van der Waals surface area contributed by atoms with Gasteiger partial charge < -0.3 is 19.5 Å². The lowest BCUT2D eigenvalue weighted by Crippen LogP contribution is -2.15. The number of nitrogens with one attached hydrogen (secondary N) is 1. The number of rotatable bonds is 13. The van der Waals surface area contributed by atoms with E-state index in [0.29, 0.717) is 18.8 Å². The first-order valence-electron chi connectivity index (χ1n) is 7.97. The van der Waals surface area contributed by atoms with Gasteiger partial charge >= 0.3 is 5.97 Å². The van der Waals surface area contributed by atoms with Crippen molar-refractivity contribution in [2.24, 2.45) is 0 Å². The number of nitro groups is 2.